The van der Waals surface area contributed by atoms with Gasteiger partial charge in [0.1, 0.15) is 0 Å². The van der Waals surface area contributed by atoms with Crippen molar-refractivity contribution in [3.05, 3.63) is 0 Å². The molecule has 1 N–H and O–H groups in total. The van der Waals surface area contributed by atoms with Gasteiger partial charge in [-0.15, -0.1) is 0 Å². The van der Waals surface area contributed by atoms with Crippen LogP contribution in [0.5, 0.6) is 0 Å². The highest BCUT2D eigenvalue weighted by atomic mass is 16.5. The highest BCUT2D eigenvalue weighted by molar-refractivity contribution is 4.82. The largest absolute Gasteiger partial charge is 0.387 e. The molecule has 2 rings (SSSR count). The Labute approximate surface area is 85.4 Å². The standard InChI is InChI=1S/C11H20O3/c12-11(5-2-1-3-6-11)9-14-10-4-7-13-8-10/h10,12H,1-9H2/t10-/m0/s1. The lowest BCUT2D eigenvalue weighted by molar-refractivity contribution is -0.0905. The Morgan fingerprint density at radius 1 is 1.29 bits per heavy atom. The molecule has 0 aromatic carbocycles. The molecule has 1 aliphatic carbocycles. The monoisotopic (exact) mass is 200 g/mol. The molecular formula is C11H20O3. The maximum atomic E-state index is 10.2. The number of hydrogen-bond donors (Lipinski definition) is 1. The minimum atomic E-state index is -0.541. The van der Waals surface area contributed by atoms with Gasteiger partial charge in [0.2, 0.25) is 0 Å². The normalized spacial score (nSPS) is 31.9. The van der Waals surface area contributed by atoms with Crippen LogP contribution in [0.3, 0.4) is 0 Å². The third-order valence-corrected chi connectivity index (χ3v) is 3.26. The summed E-state index contributed by atoms with van der Waals surface area (Å²) in [7, 11) is 0. The van der Waals surface area contributed by atoms with E-state index in [0.717, 1.165) is 38.7 Å². The molecule has 0 unspecified atom stereocenters. The molecule has 0 spiro atoms. The molecule has 1 saturated carbocycles. The van der Waals surface area contributed by atoms with Crippen molar-refractivity contribution in [2.45, 2.75) is 50.2 Å². The first-order valence-corrected chi connectivity index (χ1v) is 5.70. The van der Waals surface area contributed by atoms with Gasteiger partial charge in [-0.25, -0.2) is 0 Å². The van der Waals surface area contributed by atoms with Crippen molar-refractivity contribution in [2.24, 2.45) is 0 Å². The van der Waals surface area contributed by atoms with Gasteiger partial charge in [-0.2, -0.15) is 0 Å². The molecule has 2 fully saturated rings. The van der Waals surface area contributed by atoms with Gasteiger partial charge in [-0.05, 0) is 19.3 Å². The molecular weight excluding hydrogens is 180 g/mol. The fourth-order valence-electron chi connectivity index (χ4n) is 2.27. The number of ether oxygens (including phenoxy) is 2. The predicted molar refractivity (Wildman–Crippen MR) is 53.2 cm³/mol. The second-order valence-electron chi connectivity index (χ2n) is 4.58. The molecule has 14 heavy (non-hydrogen) atoms. The molecule has 82 valence electrons. The first-order valence-electron chi connectivity index (χ1n) is 5.70. The second kappa shape index (κ2) is 4.60. The molecule has 0 bridgehead atoms. The van der Waals surface area contributed by atoms with Crippen molar-refractivity contribution >= 4 is 0 Å². The quantitative estimate of drug-likeness (QED) is 0.750. The minimum Gasteiger partial charge on any atom is -0.387 e. The first kappa shape index (κ1) is 10.4. The first-order chi connectivity index (χ1) is 6.79. The highest BCUT2D eigenvalue weighted by Crippen LogP contribution is 2.28. The van der Waals surface area contributed by atoms with E-state index in [9.17, 15) is 5.11 Å². The van der Waals surface area contributed by atoms with E-state index in [1.54, 1.807) is 0 Å². The van der Waals surface area contributed by atoms with Gasteiger partial charge >= 0.3 is 0 Å². The summed E-state index contributed by atoms with van der Waals surface area (Å²) in [6.07, 6.45) is 6.55. The Kier molecular flexibility index (Phi) is 3.42. The molecule has 0 aromatic rings. The molecule has 3 nitrogen and oxygen atoms in total. The third kappa shape index (κ3) is 2.69. The van der Waals surface area contributed by atoms with Crippen molar-refractivity contribution in [1.29, 1.82) is 0 Å². The molecule has 1 saturated heterocycles. The van der Waals surface area contributed by atoms with E-state index in [-0.39, 0.29) is 6.10 Å². The van der Waals surface area contributed by atoms with Crippen LogP contribution in [0, 0.1) is 0 Å². The maximum Gasteiger partial charge on any atom is 0.0880 e. The van der Waals surface area contributed by atoms with Crippen LogP contribution in [0.2, 0.25) is 0 Å². The van der Waals surface area contributed by atoms with Crippen molar-refractivity contribution in [3.63, 3.8) is 0 Å². The average Bonchev–Trinajstić information content (AvgIpc) is 2.69. The summed E-state index contributed by atoms with van der Waals surface area (Å²) in [6, 6.07) is 0. The van der Waals surface area contributed by atoms with Crippen LogP contribution >= 0.6 is 0 Å². The van der Waals surface area contributed by atoms with Gasteiger partial charge in [0.15, 0.2) is 0 Å². The Balaban J connectivity index is 1.72. The molecule has 0 aromatic heterocycles. The van der Waals surface area contributed by atoms with E-state index in [0.29, 0.717) is 13.2 Å². The van der Waals surface area contributed by atoms with Crippen molar-refractivity contribution in [1.82, 2.24) is 0 Å². The molecule has 3 heteroatoms. The zero-order chi connectivity index (χ0) is 9.86. The van der Waals surface area contributed by atoms with E-state index in [1.807, 2.05) is 0 Å². The summed E-state index contributed by atoms with van der Waals surface area (Å²) < 4.78 is 10.9. The number of hydrogen-bond acceptors (Lipinski definition) is 3. The maximum absolute atomic E-state index is 10.2. The lowest BCUT2D eigenvalue weighted by Crippen LogP contribution is -2.38. The van der Waals surface area contributed by atoms with Crippen LogP contribution in [-0.2, 0) is 9.47 Å². The van der Waals surface area contributed by atoms with Gasteiger partial charge in [0.25, 0.3) is 0 Å². The van der Waals surface area contributed by atoms with Crippen LogP contribution in [0.4, 0.5) is 0 Å². The van der Waals surface area contributed by atoms with Crippen molar-refractivity contribution < 1.29 is 14.6 Å². The van der Waals surface area contributed by atoms with Crippen LogP contribution in [0.25, 0.3) is 0 Å². The van der Waals surface area contributed by atoms with Crippen LogP contribution in [0.15, 0.2) is 0 Å². The van der Waals surface area contributed by atoms with Crippen LogP contribution in [0.1, 0.15) is 38.5 Å². The lowest BCUT2D eigenvalue weighted by Gasteiger charge is -2.32. The van der Waals surface area contributed by atoms with Crippen LogP contribution < -0.4 is 0 Å². The lowest BCUT2D eigenvalue weighted by atomic mass is 9.85. The van der Waals surface area contributed by atoms with Gasteiger partial charge in [-0.3, -0.25) is 0 Å². The van der Waals surface area contributed by atoms with E-state index < -0.39 is 5.60 Å². The summed E-state index contributed by atoms with van der Waals surface area (Å²) >= 11 is 0. The summed E-state index contributed by atoms with van der Waals surface area (Å²) in [5.74, 6) is 0. The highest BCUT2D eigenvalue weighted by Gasteiger charge is 2.31. The number of aliphatic hydroxyl groups is 1. The van der Waals surface area contributed by atoms with Gasteiger partial charge in [0, 0.05) is 6.61 Å². The third-order valence-electron chi connectivity index (χ3n) is 3.26. The van der Waals surface area contributed by atoms with E-state index in [4.69, 9.17) is 9.47 Å². The molecule has 1 atom stereocenters. The van der Waals surface area contributed by atoms with Gasteiger partial charge < -0.3 is 14.6 Å². The SMILES string of the molecule is OC1(CO[C@H]2CCOC2)CCCCC1. The molecule has 1 aliphatic heterocycles. The summed E-state index contributed by atoms with van der Waals surface area (Å²) in [4.78, 5) is 0. The number of rotatable bonds is 3. The topological polar surface area (TPSA) is 38.7 Å². The molecule has 0 amide bonds. The van der Waals surface area contributed by atoms with Crippen LogP contribution in [-0.4, -0.2) is 36.6 Å². The predicted octanol–water partition coefficient (Wildman–Crippen LogP) is 1.49. The molecule has 2 aliphatic rings. The summed E-state index contributed by atoms with van der Waals surface area (Å²) in [6.45, 7) is 2.01. The van der Waals surface area contributed by atoms with E-state index in [1.165, 1.54) is 6.42 Å². The smallest absolute Gasteiger partial charge is 0.0880 e. The second-order valence-corrected chi connectivity index (χ2v) is 4.58. The summed E-state index contributed by atoms with van der Waals surface area (Å²) in [5, 5.41) is 10.2. The Morgan fingerprint density at radius 3 is 2.71 bits per heavy atom. The van der Waals surface area contributed by atoms with Gasteiger partial charge in [0.05, 0.1) is 24.9 Å². The Morgan fingerprint density at radius 2 is 2.07 bits per heavy atom. The zero-order valence-electron chi connectivity index (χ0n) is 8.71. The van der Waals surface area contributed by atoms with E-state index >= 15 is 0 Å². The Hall–Kier alpha value is -0.120. The average molecular weight is 200 g/mol. The minimum absolute atomic E-state index is 0.223. The zero-order valence-corrected chi connectivity index (χ0v) is 8.71. The summed E-state index contributed by atoms with van der Waals surface area (Å²) in [5.41, 5.74) is -0.541. The van der Waals surface area contributed by atoms with E-state index in [2.05, 4.69) is 0 Å². The van der Waals surface area contributed by atoms with Crippen molar-refractivity contribution in [3.8, 4) is 0 Å². The molecule has 1 heterocycles. The van der Waals surface area contributed by atoms with Gasteiger partial charge in [-0.1, -0.05) is 19.3 Å². The Bertz CT molecular complexity index is 169. The van der Waals surface area contributed by atoms with Crippen molar-refractivity contribution in [2.75, 3.05) is 19.8 Å². The molecule has 0 radical (unpaired) electrons. The fraction of sp³-hybridized carbons (Fsp3) is 1.00. The fourth-order valence-corrected chi connectivity index (χ4v) is 2.27.